The van der Waals surface area contributed by atoms with E-state index >= 15 is 0 Å². The lowest BCUT2D eigenvalue weighted by Gasteiger charge is -2.20. The predicted octanol–water partition coefficient (Wildman–Crippen LogP) is -2.07. The summed E-state index contributed by atoms with van der Waals surface area (Å²) in [5, 5.41) is 48.3. The van der Waals surface area contributed by atoms with E-state index in [-0.39, 0.29) is 16.7 Å². The van der Waals surface area contributed by atoms with E-state index in [2.05, 4.69) is 18.8 Å². The number of phosphoric ester groups is 2. The first-order valence-corrected chi connectivity index (χ1v) is 14.0. The van der Waals surface area contributed by atoms with Gasteiger partial charge in [-0.2, -0.15) is 4.31 Å². The molecule has 7 N–H and O–H groups in total. The zero-order valence-corrected chi connectivity index (χ0v) is 20.0. The zero-order valence-electron chi connectivity index (χ0n) is 17.4. The number of ether oxygens (including phenoxy) is 1. The number of thioether (sulfide) groups is 1. The highest BCUT2D eigenvalue weighted by molar-refractivity contribution is 8.00. The van der Waals surface area contributed by atoms with Crippen LogP contribution in [0.5, 0.6) is 0 Å². The van der Waals surface area contributed by atoms with Gasteiger partial charge in [-0.3, -0.25) is 19.0 Å². The molecule has 0 spiro atoms. The first kappa shape index (κ1) is 25.4. The molecule has 8 bridgehead atoms. The average molecular weight is 557 g/mol. The van der Waals surface area contributed by atoms with Crippen molar-refractivity contribution in [2.45, 2.75) is 47.4 Å². The van der Waals surface area contributed by atoms with Crippen LogP contribution in [0.15, 0.2) is 12.7 Å². The van der Waals surface area contributed by atoms with Gasteiger partial charge in [0.1, 0.15) is 35.3 Å². The number of rotatable bonds is 0. The van der Waals surface area contributed by atoms with Crippen molar-refractivity contribution in [2.24, 2.45) is 0 Å². The highest BCUT2D eigenvalue weighted by Crippen LogP contribution is 2.61. The number of fused-ring (bicyclic) bond motifs is 7. The Morgan fingerprint density at radius 2 is 1.60 bits per heavy atom. The third-order valence-corrected chi connectivity index (χ3v) is 9.94. The van der Waals surface area contributed by atoms with Crippen LogP contribution >= 0.6 is 27.4 Å². The fourth-order valence-corrected chi connectivity index (χ4v) is 7.68. The molecule has 4 aliphatic rings. The van der Waals surface area contributed by atoms with Gasteiger partial charge in [-0.05, 0) is 0 Å². The Balaban J connectivity index is 1.58. The molecule has 0 aromatic carbocycles. The average Bonchev–Trinajstić information content (AvgIpc) is 3.41. The van der Waals surface area contributed by atoms with Crippen LogP contribution in [-0.2, 0) is 27.2 Å². The second kappa shape index (κ2) is 8.95. The summed E-state index contributed by atoms with van der Waals surface area (Å²) >= 11 is 0.903. The number of aliphatic hydroxyl groups is 4. The molecule has 0 amide bonds. The van der Waals surface area contributed by atoms with Crippen LogP contribution in [0.1, 0.15) is 11.6 Å². The van der Waals surface area contributed by atoms with Gasteiger partial charge in [-0.25, -0.2) is 19.1 Å². The Morgan fingerprint density at radius 1 is 0.943 bits per heavy atom. The number of aliphatic hydroxyl groups excluding tert-OH is 4. The minimum absolute atomic E-state index is 0.0497. The highest BCUT2D eigenvalue weighted by Gasteiger charge is 2.48. The van der Waals surface area contributed by atoms with Gasteiger partial charge in [0.15, 0.2) is 17.4 Å². The van der Waals surface area contributed by atoms with Crippen LogP contribution < -0.4 is 5.49 Å². The van der Waals surface area contributed by atoms with Crippen LogP contribution in [0, 0.1) is 5.41 Å². The molecule has 0 aliphatic carbocycles. The molecule has 2 aromatic heterocycles. The summed E-state index contributed by atoms with van der Waals surface area (Å²) in [5.41, 5.74) is -0.0558. The van der Waals surface area contributed by atoms with Crippen molar-refractivity contribution in [2.75, 3.05) is 13.2 Å². The third kappa shape index (κ3) is 4.53. The van der Waals surface area contributed by atoms with Crippen LogP contribution in [0.4, 0.5) is 0 Å². The van der Waals surface area contributed by atoms with Gasteiger partial charge in [0.2, 0.25) is 0 Å². The van der Waals surface area contributed by atoms with Gasteiger partial charge in [0, 0.05) is 0 Å². The number of imidazole rings is 1. The van der Waals surface area contributed by atoms with Gasteiger partial charge in [-0.15, -0.1) is 11.8 Å². The van der Waals surface area contributed by atoms with Crippen molar-refractivity contribution in [1.82, 2.24) is 19.1 Å². The summed E-state index contributed by atoms with van der Waals surface area (Å²) in [6.45, 7) is -1.50. The number of hydrogen-bond donors (Lipinski definition) is 7. The molecule has 35 heavy (non-hydrogen) atoms. The standard InChI is InChI=1S/C15H21N5O12P2S/c16-12-7-13-18-4-19(12)15-11(24)9(22)6(35-15)2-30-34(27,28)32-33(25,26)29-1-5-8(21)10(23)14(31-5)20(13)3-17-7/h3-6,8-11,14-16,21-24H,1-2H2,(H,25,26)(H,27,28)/t5-,6-,8-,9-,10-,11-,14-,15-/m1/s1. The summed E-state index contributed by atoms with van der Waals surface area (Å²) in [5.74, 6) is 0. The molecule has 0 radical (unpaired) electrons. The molecule has 10 atom stereocenters. The van der Waals surface area contributed by atoms with Gasteiger partial charge < -0.3 is 39.5 Å². The Bertz CT molecular complexity index is 1290. The molecule has 17 nitrogen and oxygen atoms in total. The summed E-state index contributed by atoms with van der Waals surface area (Å²) in [6.07, 6.45) is -6.32. The van der Waals surface area contributed by atoms with E-state index in [0.717, 1.165) is 11.8 Å². The maximum Gasteiger partial charge on any atom is 0.481 e. The van der Waals surface area contributed by atoms with Crippen LogP contribution in [0.3, 0.4) is 0 Å². The first-order chi connectivity index (χ1) is 16.4. The monoisotopic (exact) mass is 557 g/mol. The molecule has 6 heterocycles. The topological polar surface area (TPSA) is 252 Å². The molecule has 20 heteroatoms. The van der Waals surface area contributed by atoms with E-state index in [0.29, 0.717) is 0 Å². The molecule has 2 fully saturated rings. The summed E-state index contributed by atoms with van der Waals surface area (Å²) in [7, 11) is -10.4. The molecular formula is C15H21N5O12P2S. The molecule has 0 saturated carbocycles. The second-order valence-corrected chi connectivity index (χ2v) is 12.4. The van der Waals surface area contributed by atoms with E-state index in [1.165, 1.54) is 21.8 Å². The molecular weight excluding hydrogens is 536 g/mol. The highest BCUT2D eigenvalue weighted by atomic mass is 32.2. The van der Waals surface area contributed by atoms with Gasteiger partial charge in [0.05, 0.1) is 37.2 Å². The number of nitrogens with one attached hydrogen (secondary N) is 1. The van der Waals surface area contributed by atoms with Crippen molar-refractivity contribution < 1.29 is 57.4 Å². The maximum absolute atomic E-state index is 12.2. The first-order valence-electron chi connectivity index (χ1n) is 10.1. The summed E-state index contributed by atoms with van der Waals surface area (Å²) in [6, 6.07) is 0. The second-order valence-electron chi connectivity index (χ2n) is 8.03. The molecule has 2 unspecified atom stereocenters. The molecule has 4 aliphatic heterocycles. The lowest BCUT2D eigenvalue weighted by Crippen LogP contribution is -2.36. The number of aromatic nitrogens is 4. The fraction of sp³-hybridized carbons (Fsp3) is 0.667. The van der Waals surface area contributed by atoms with Crippen molar-refractivity contribution in [3.8, 4) is 0 Å². The summed E-state index contributed by atoms with van der Waals surface area (Å²) in [4.78, 5) is 28.1. The fourth-order valence-electron chi connectivity index (χ4n) is 4.03. The lowest BCUT2D eigenvalue weighted by atomic mass is 10.1. The van der Waals surface area contributed by atoms with E-state index < -0.39 is 76.2 Å². The minimum atomic E-state index is -5.21. The Morgan fingerprint density at radius 3 is 2.31 bits per heavy atom. The van der Waals surface area contributed by atoms with Crippen molar-refractivity contribution in [3.05, 3.63) is 18.1 Å². The summed E-state index contributed by atoms with van der Waals surface area (Å²) < 4.78 is 46.1. The number of phosphoric acid groups is 2. The Kier molecular flexibility index (Phi) is 6.50. The van der Waals surface area contributed by atoms with Crippen molar-refractivity contribution in [1.29, 1.82) is 5.41 Å². The SMILES string of the molecule is N=c1c2ncn3c2ncn1[C@@H]1S[C@H](COP(=O)(O)OP(=O)(O)OC[C@H]2O[C@@H]3[C@H](O)[C@@H]2O)[C@@H](O)[C@H]1O. The number of nitrogens with zero attached hydrogens (tertiary/aromatic N) is 4. The maximum atomic E-state index is 12.2. The van der Waals surface area contributed by atoms with Crippen LogP contribution in [0.25, 0.3) is 11.2 Å². The van der Waals surface area contributed by atoms with Crippen molar-refractivity contribution >= 4 is 38.6 Å². The molecule has 2 aromatic rings. The molecule has 6 rings (SSSR count). The number of hydrogen-bond acceptors (Lipinski definition) is 14. The quantitative estimate of drug-likeness (QED) is 0.172. The largest absolute Gasteiger partial charge is 0.481 e. The van der Waals surface area contributed by atoms with E-state index in [1.807, 2.05) is 0 Å². The van der Waals surface area contributed by atoms with Crippen molar-refractivity contribution in [3.63, 3.8) is 0 Å². The van der Waals surface area contributed by atoms with Gasteiger partial charge in [0.25, 0.3) is 0 Å². The van der Waals surface area contributed by atoms with Gasteiger partial charge in [-0.1, -0.05) is 0 Å². The normalized spacial score (nSPS) is 44.6. The van der Waals surface area contributed by atoms with E-state index in [9.17, 15) is 39.3 Å². The lowest BCUT2D eigenvalue weighted by molar-refractivity contribution is -0.0504. The van der Waals surface area contributed by atoms with E-state index in [1.54, 1.807) is 0 Å². The minimum Gasteiger partial charge on any atom is -0.389 e. The smallest absolute Gasteiger partial charge is 0.389 e. The molecule has 194 valence electrons. The predicted molar refractivity (Wildman–Crippen MR) is 112 cm³/mol. The Labute approximate surface area is 199 Å². The van der Waals surface area contributed by atoms with Gasteiger partial charge >= 0.3 is 15.6 Å². The molecule has 2 saturated heterocycles. The Hall–Kier alpha value is -1.24. The third-order valence-electron chi connectivity index (χ3n) is 5.79. The van der Waals surface area contributed by atoms with Crippen LogP contribution in [-0.4, -0.2) is 98.3 Å². The van der Waals surface area contributed by atoms with Crippen LogP contribution in [0.2, 0.25) is 0 Å². The zero-order chi connectivity index (χ0) is 25.3. The van der Waals surface area contributed by atoms with E-state index in [4.69, 9.17) is 14.7 Å².